The molecule has 2 rings (SSSR count). The van der Waals surface area contributed by atoms with Crippen LogP contribution >= 0.6 is 0 Å². The molecule has 0 bridgehead atoms. The lowest BCUT2D eigenvalue weighted by Gasteiger charge is -2.07. The first-order valence-corrected chi connectivity index (χ1v) is 6.14. The van der Waals surface area contributed by atoms with E-state index in [1.807, 2.05) is 25.1 Å². The summed E-state index contributed by atoms with van der Waals surface area (Å²) in [6.45, 7) is 2.70. The van der Waals surface area contributed by atoms with Crippen LogP contribution in [0.25, 0.3) is 0 Å². The summed E-state index contributed by atoms with van der Waals surface area (Å²) in [4.78, 5) is 15.0. The fourth-order valence-electron chi connectivity index (χ4n) is 1.87. The number of nitrogens with one attached hydrogen (secondary N) is 1. The molecule has 0 unspecified atom stereocenters. The van der Waals surface area contributed by atoms with Gasteiger partial charge in [-0.3, -0.25) is 4.98 Å². The minimum atomic E-state index is -0.889. The highest BCUT2D eigenvalue weighted by Gasteiger charge is 2.02. The minimum Gasteiger partial charge on any atom is -0.478 e. The third-order valence-corrected chi connectivity index (χ3v) is 2.81. The lowest BCUT2D eigenvalue weighted by atomic mass is 10.1. The lowest BCUT2D eigenvalue weighted by Crippen LogP contribution is -2.06. The maximum absolute atomic E-state index is 10.9. The standard InChI is InChI=1S/C15H16N2O2/c1-11-9-14(6-8-16-11)17-7-5-12-3-2-4-13(10-12)15(18)19/h2-4,6,8-10H,5,7H2,1H3,(H,16,17)(H,18,19). The Balaban J connectivity index is 1.92. The van der Waals surface area contributed by atoms with Crippen molar-refractivity contribution in [2.45, 2.75) is 13.3 Å². The van der Waals surface area contributed by atoms with Crippen molar-refractivity contribution in [3.63, 3.8) is 0 Å². The fraction of sp³-hybridized carbons (Fsp3) is 0.200. The third-order valence-electron chi connectivity index (χ3n) is 2.81. The average molecular weight is 256 g/mol. The van der Waals surface area contributed by atoms with Gasteiger partial charge < -0.3 is 10.4 Å². The first-order chi connectivity index (χ1) is 9.15. The number of carbonyl (C=O) groups is 1. The molecule has 0 aliphatic carbocycles. The van der Waals surface area contributed by atoms with Crippen LogP contribution in [0.3, 0.4) is 0 Å². The van der Waals surface area contributed by atoms with Crippen molar-refractivity contribution >= 4 is 11.7 Å². The number of hydrogen-bond acceptors (Lipinski definition) is 3. The molecule has 0 saturated carbocycles. The van der Waals surface area contributed by atoms with Gasteiger partial charge in [-0.05, 0) is 43.2 Å². The number of aromatic carboxylic acids is 1. The predicted molar refractivity (Wildman–Crippen MR) is 74.6 cm³/mol. The Labute approximate surface area is 112 Å². The van der Waals surface area contributed by atoms with Crippen molar-refractivity contribution < 1.29 is 9.90 Å². The Morgan fingerprint density at radius 3 is 2.89 bits per heavy atom. The first kappa shape index (κ1) is 13.1. The van der Waals surface area contributed by atoms with Gasteiger partial charge in [0.1, 0.15) is 0 Å². The first-order valence-electron chi connectivity index (χ1n) is 6.14. The van der Waals surface area contributed by atoms with E-state index in [1.165, 1.54) is 0 Å². The fourth-order valence-corrected chi connectivity index (χ4v) is 1.87. The topological polar surface area (TPSA) is 62.2 Å². The molecule has 0 amide bonds. The second kappa shape index (κ2) is 6.00. The zero-order chi connectivity index (χ0) is 13.7. The quantitative estimate of drug-likeness (QED) is 0.863. The molecule has 19 heavy (non-hydrogen) atoms. The largest absolute Gasteiger partial charge is 0.478 e. The van der Waals surface area contributed by atoms with Crippen LogP contribution in [0.4, 0.5) is 5.69 Å². The van der Waals surface area contributed by atoms with Crippen LogP contribution in [-0.4, -0.2) is 22.6 Å². The number of aryl methyl sites for hydroxylation is 1. The monoisotopic (exact) mass is 256 g/mol. The molecule has 4 heteroatoms. The molecule has 1 heterocycles. The second-order valence-corrected chi connectivity index (χ2v) is 4.37. The highest BCUT2D eigenvalue weighted by Crippen LogP contribution is 2.09. The summed E-state index contributed by atoms with van der Waals surface area (Å²) in [6.07, 6.45) is 2.55. The van der Waals surface area contributed by atoms with Gasteiger partial charge >= 0.3 is 5.97 Å². The Kier molecular flexibility index (Phi) is 4.13. The molecule has 98 valence electrons. The van der Waals surface area contributed by atoms with Gasteiger partial charge in [-0.25, -0.2) is 4.79 Å². The summed E-state index contributed by atoms with van der Waals surface area (Å²) in [6, 6.07) is 10.9. The molecule has 2 N–H and O–H groups in total. The van der Waals surface area contributed by atoms with E-state index in [9.17, 15) is 4.79 Å². The van der Waals surface area contributed by atoms with Gasteiger partial charge in [-0.15, -0.1) is 0 Å². The molecule has 0 radical (unpaired) electrons. The summed E-state index contributed by atoms with van der Waals surface area (Å²) in [5.41, 5.74) is 3.34. The number of rotatable bonds is 5. The van der Waals surface area contributed by atoms with Crippen molar-refractivity contribution in [2.75, 3.05) is 11.9 Å². The van der Waals surface area contributed by atoms with Gasteiger partial charge in [0, 0.05) is 24.1 Å². The van der Waals surface area contributed by atoms with Gasteiger partial charge in [0.05, 0.1) is 5.56 Å². The number of pyridine rings is 1. The zero-order valence-corrected chi connectivity index (χ0v) is 10.8. The maximum Gasteiger partial charge on any atom is 0.335 e. The molecular formula is C15H16N2O2. The van der Waals surface area contributed by atoms with Crippen molar-refractivity contribution in [2.24, 2.45) is 0 Å². The molecule has 4 nitrogen and oxygen atoms in total. The van der Waals surface area contributed by atoms with Crippen LogP contribution in [0.1, 0.15) is 21.6 Å². The molecule has 1 aromatic carbocycles. The molecule has 2 aromatic rings. The van der Waals surface area contributed by atoms with E-state index in [-0.39, 0.29) is 0 Å². The number of nitrogens with zero attached hydrogens (tertiary/aromatic N) is 1. The molecule has 0 fully saturated rings. The second-order valence-electron chi connectivity index (χ2n) is 4.37. The smallest absolute Gasteiger partial charge is 0.335 e. The number of anilines is 1. The molecule has 1 aromatic heterocycles. The van der Waals surface area contributed by atoms with E-state index >= 15 is 0 Å². The Hall–Kier alpha value is -2.36. The summed E-state index contributed by atoms with van der Waals surface area (Å²) < 4.78 is 0. The third kappa shape index (κ3) is 3.81. The van der Waals surface area contributed by atoms with Crippen LogP contribution in [0.15, 0.2) is 42.6 Å². The van der Waals surface area contributed by atoms with Crippen LogP contribution in [-0.2, 0) is 6.42 Å². The van der Waals surface area contributed by atoms with Crippen molar-refractivity contribution in [3.05, 3.63) is 59.4 Å². The molecule has 0 spiro atoms. The minimum absolute atomic E-state index is 0.331. The van der Waals surface area contributed by atoms with Crippen LogP contribution < -0.4 is 5.32 Å². The predicted octanol–water partition coefficient (Wildman–Crippen LogP) is 2.74. The molecule has 0 saturated heterocycles. The molecule has 0 aliphatic heterocycles. The number of hydrogen-bond donors (Lipinski definition) is 2. The van der Waals surface area contributed by atoms with E-state index < -0.39 is 5.97 Å². The number of carboxylic acid groups (broad SMARTS) is 1. The summed E-state index contributed by atoms with van der Waals surface area (Å²) in [5, 5.41) is 12.2. The Morgan fingerprint density at radius 2 is 2.16 bits per heavy atom. The van der Waals surface area contributed by atoms with E-state index in [0.717, 1.165) is 29.9 Å². The van der Waals surface area contributed by atoms with Crippen molar-refractivity contribution in [1.82, 2.24) is 4.98 Å². The van der Waals surface area contributed by atoms with E-state index in [2.05, 4.69) is 10.3 Å². The zero-order valence-electron chi connectivity index (χ0n) is 10.8. The number of carboxylic acids is 1. The summed E-state index contributed by atoms with van der Waals surface area (Å²) >= 11 is 0. The lowest BCUT2D eigenvalue weighted by molar-refractivity contribution is 0.0697. The molecule has 0 atom stereocenters. The highest BCUT2D eigenvalue weighted by atomic mass is 16.4. The average Bonchev–Trinajstić information content (AvgIpc) is 2.39. The Bertz CT molecular complexity index is 582. The maximum atomic E-state index is 10.9. The van der Waals surface area contributed by atoms with Gasteiger partial charge in [-0.2, -0.15) is 0 Å². The number of benzene rings is 1. The van der Waals surface area contributed by atoms with Gasteiger partial charge in [0.25, 0.3) is 0 Å². The van der Waals surface area contributed by atoms with Crippen LogP contribution in [0.5, 0.6) is 0 Å². The van der Waals surface area contributed by atoms with Crippen molar-refractivity contribution in [1.29, 1.82) is 0 Å². The molecule has 0 aliphatic rings. The van der Waals surface area contributed by atoms with E-state index in [1.54, 1.807) is 24.4 Å². The molecular weight excluding hydrogens is 240 g/mol. The highest BCUT2D eigenvalue weighted by molar-refractivity contribution is 5.87. The van der Waals surface area contributed by atoms with Crippen molar-refractivity contribution in [3.8, 4) is 0 Å². The SMILES string of the molecule is Cc1cc(NCCc2cccc(C(=O)O)c2)ccn1. The van der Waals surface area contributed by atoms with E-state index in [4.69, 9.17) is 5.11 Å². The summed E-state index contributed by atoms with van der Waals surface area (Å²) in [5.74, 6) is -0.889. The normalized spacial score (nSPS) is 10.2. The van der Waals surface area contributed by atoms with E-state index in [0.29, 0.717) is 5.56 Å². The Morgan fingerprint density at radius 1 is 1.32 bits per heavy atom. The van der Waals surface area contributed by atoms with Gasteiger partial charge in [0.2, 0.25) is 0 Å². The number of aromatic nitrogens is 1. The van der Waals surface area contributed by atoms with Crippen LogP contribution in [0.2, 0.25) is 0 Å². The van der Waals surface area contributed by atoms with Gasteiger partial charge in [0.15, 0.2) is 0 Å². The van der Waals surface area contributed by atoms with Crippen LogP contribution in [0, 0.1) is 6.92 Å². The van der Waals surface area contributed by atoms with Gasteiger partial charge in [-0.1, -0.05) is 12.1 Å². The summed E-state index contributed by atoms with van der Waals surface area (Å²) in [7, 11) is 0.